The first kappa shape index (κ1) is 14.5. The lowest BCUT2D eigenvalue weighted by molar-refractivity contribution is -0.142. The zero-order valence-electron chi connectivity index (χ0n) is 9.91. The number of hydrogen-bond acceptors (Lipinski definition) is 4. The van der Waals surface area contributed by atoms with E-state index in [1.54, 1.807) is 11.8 Å². The number of ether oxygens (including phenoxy) is 1. The fourth-order valence-corrected chi connectivity index (χ4v) is 2.19. The van der Waals surface area contributed by atoms with Gasteiger partial charge in [0.1, 0.15) is 5.78 Å². The number of methoxy groups -OCH3 is 1. The van der Waals surface area contributed by atoms with Gasteiger partial charge in [-0.05, 0) is 5.75 Å². The first-order valence-corrected chi connectivity index (χ1v) is 6.28. The molecule has 0 radical (unpaired) electrons. The van der Waals surface area contributed by atoms with Gasteiger partial charge in [0.2, 0.25) is 0 Å². The van der Waals surface area contributed by atoms with Gasteiger partial charge in [-0.25, -0.2) is 0 Å². The molecular formula is C11H20O3S. The summed E-state index contributed by atoms with van der Waals surface area (Å²) in [6.07, 6.45) is 0.492. The van der Waals surface area contributed by atoms with Crippen molar-refractivity contribution >= 4 is 23.5 Å². The molecule has 88 valence electrons. The Morgan fingerprint density at radius 2 is 1.87 bits per heavy atom. The van der Waals surface area contributed by atoms with Gasteiger partial charge in [-0.1, -0.05) is 20.8 Å². The van der Waals surface area contributed by atoms with Crippen molar-refractivity contribution in [3.63, 3.8) is 0 Å². The van der Waals surface area contributed by atoms with Gasteiger partial charge in [0, 0.05) is 17.6 Å². The second-order valence-electron chi connectivity index (χ2n) is 3.49. The summed E-state index contributed by atoms with van der Waals surface area (Å²) < 4.78 is 4.49. The predicted octanol–water partition coefficient (Wildman–Crippen LogP) is 2.29. The molecule has 2 unspecified atom stereocenters. The number of esters is 1. The first-order chi connectivity index (χ1) is 7.02. The molecule has 0 aliphatic heterocycles. The number of rotatable bonds is 7. The number of hydrogen-bond donors (Lipinski definition) is 0. The van der Waals surface area contributed by atoms with Crippen LogP contribution in [0.15, 0.2) is 0 Å². The Hall–Kier alpha value is -0.510. The number of ketones is 1. The number of thioether (sulfide) groups is 1. The lowest BCUT2D eigenvalue weighted by atomic mass is 9.99. The van der Waals surface area contributed by atoms with Crippen LogP contribution in [0.4, 0.5) is 0 Å². The molecule has 2 atom stereocenters. The van der Waals surface area contributed by atoms with Crippen molar-refractivity contribution in [1.29, 1.82) is 0 Å². The lowest BCUT2D eigenvalue weighted by Gasteiger charge is -2.17. The van der Waals surface area contributed by atoms with E-state index in [0.29, 0.717) is 11.7 Å². The average molecular weight is 232 g/mol. The Balaban J connectivity index is 3.93. The average Bonchev–Trinajstić information content (AvgIpc) is 2.24. The van der Waals surface area contributed by atoms with Gasteiger partial charge in [-0.2, -0.15) is 11.8 Å². The summed E-state index contributed by atoms with van der Waals surface area (Å²) in [5.74, 6) is 0.857. The van der Waals surface area contributed by atoms with E-state index < -0.39 is 0 Å². The van der Waals surface area contributed by atoms with Crippen molar-refractivity contribution < 1.29 is 14.3 Å². The molecule has 0 aliphatic carbocycles. The molecule has 0 bridgehead atoms. The summed E-state index contributed by atoms with van der Waals surface area (Å²) in [6, 6.07) is 0. The Morgan fingerprint density at radius 1 is 1.27 bits per heavy atom. The summed E-state index contributed by atoms with van der Waals surface area (Å²) in [7, 11) is 1.34. The highest BCUT2D eigenvalue weighted by molar-refractivity contribution is 7.99. The molecule has 0 aromatic carbocycles. The fourth-order valence-electron chi connectivity index (χ4n) is 1.22. The van der Waals surface area contributed by atoms with E-state index in [0.717, 1.165) is 5.75 Å². The van der Waals surface area contributed by atoms with E-state index in [4.69, 9.17) is 0 Å². The standard InChI is InChI=1S/C11H20O3S/c1-5-15-9(3)8(2)10(12)6-7-11(13)14-4/h8-9H,5-7H2,1-4H3. The van der Waals surface area contributed by atoms with Gasteiger partial charge >= 0.3 is 5.97 Å². The van der Waals surface area contributed by atoms with Gasteiger partial charge in [0.15, 0.2) is 0 Å². The molecule has 0 heterocycles. The highest BCUT2D eigenvalue weighted by Gasteiger charge is 2.20. The van der Waals surface area contributed by atoms with E-state index in [-0.39, 0.29) is 24.1 Å². The van der Waals surface area contributed by atoms with Crippen LogP contribution in [-0.2, 0) is 14.3 Å². The molecule has 0 aromatic heterocycles. The van der Waals surface area contributed by atoms with Crippen molar-refractivity contribution in [2.24, 2.45) is 5.92 Å². The van der Waals surface area contributed by atoms with E-state index in [1.807, 2.05) is 6.92 Å². The van der Waals surface area contributed by atoms with E-state index in [1.165, 1.54) is 7.11 Å². The van der Waals surface area contributed by atoms with Gasteiger partial charge in [0.25, 0.3) is 0 Å². The quantitative estimate of drug-likeness (QED) is 0.632. The van der Waals surface area contributed by atoms with Crippen LogP contribution in [0.25, 0.3) is 0 Å². The van der Waals surface area contributed by atoms with Crippen LogP contribution in [0.3, 0.4) is 0 Å². The minimum atomic E-state index is -0.314. The molecule has 0 saturated heterocycles. The van der Waals surface area contributed by atoms with Crippen LogP contribution in [0.2, 0.25) is 0 Å². The second kappa shape index (κ2) is 7.74. The van der Waals surface area contributed by atoms with Crippen LogP contribution >= 0.6 is 11.8 Å². The summed E-state index contributed by atoms with van der Waals surface area (Å²) in [5, 5.41) is 0.320. The van der Waals surface area contributed by atoms with Crippen molar-refractivity contribution in [3.8, 4) is 0 Å². The van der Waals surface area contributed by atoms with E-state index >= 15 is 0 Å². The van der Waals surface area contributed by atoms with E-state index in [9.17, 15) is 9.59 Å². The topological polar surface area (TPSA) is 43.4 Å². The molecule has 0 N–H and O–H groups in total. The largest absolute Gasteiger partial charge is 0.469 e. The number of carbonyl (C=O) groups excluding carboxylic acids is 2. The zero-order chi connectivity index (χ0) is 11.8. The van der Waals surface area contributed by atoms with Crippen LogP contribution in [0.5, 0.6) is 0 Å². The summed E-state index contributed by atoms with van der Waals surface area (Å²) in [6.45, 7) is 6.05. The van der Waals surface area contributed by atoms with Crippen molar-refractivity contribution in [2.75, 3.05) is 12.9 Å². The maximum Gasteiger partial charge on any atom is 0.305 e. The Morgan fingerprint density at radius 3 is 2.33 bits per heavy atom. The molecule has 3 nitrogen and oxygen atoms in total. The highest BCUT2D eigenvalue weighted by atomic mass is 32.2. The Labute approximate surface area is 95.9 Å². The van der Waals surface area contributed by atoms with Crippen LogP contribution < -0.4 is 0 Å². The monoisotopic (exact) mass is 232 g/mol. The van der Waals surface area contributed by atoms with Crippen LogP contribution in [0.1, 0.15) is 33.6 Å². The summed E-state index contributed by atoms with van der Waals surface area (Å²) >= 11 is 1.77. The molecular weight excluding hydrogens is 212 g/mol. The number of carbonyl (C=O) groups is 2. The second-order valence-corrected chi connectivity index (χ2v) is 5.15. The lowest BCUT2D eigenvalue weighted by Crippen LogP contribution is -2.21. The Bertz CT molecular complexity index is 216. The minimum Gasteiger partial charge on any atom is -0.469 e. The zero-order valence-corrected chi connectivity index (χ0v) is 10.7. The SMILES string of the molecule is CCSC(C)C(C)C(=O)CCC(=O)OC. The number of Topliss-reactive ketones (excluding diaryl/α,β-unsaturated/α-hetero) is 1. The highest BCUT2D eigenvalue weighted by Crippen LogP contribution is 2.20. The van der Waals surface area contributed by atoms with Gasteiger partial charge in [-0.15, -0.1) is 0 Å². The minimum absolute atomic E-state index is 0.0135. The predicted molar refractivity (Wildman–Crippen MR) is 63.0 cm³/mol. The van der Waals surface area contributed by atoms with Crippen molar-refractivity contribution in [1.82, 2.24) is 0 Å². The van der Waals surface area contributed by atoms with Gasteiger partial charge in [-0.3, -0.25) is 9.59 Å². The molecule has 4 heteroatoms. The summed E-state index contributed by atoms with van der Waals surface area (Å²) in [4.78, 5) is 22.5. The molecule has 0 spiro atoms. The first-order valence-electron chi connectivity index (χ1n) is 5.24. The fraction of sp³-hybridized carbons (Fsp3) is 0.818. The van der Waals surface area contributed by atoms with Crippen LogP contribution in [0, 0.1) is 5.92 Å². The normalized spacial score (nSPS) is 14.4. The van der Waals surface area contributed by atoms with Crippen molar-refractivity contribution in [3.05, 3.63) is 0 Å². The molecule has 0 rings (SSSR count). The molecule has 0 aromatic rings. The molecule has 0 fully saturated rings. The maximum atomic E-state index is 11.7. The molecule has 0 amide bonds. The molecule has 0 saturated carbocycles. The Kier molecular flexibility index (Phi) is 7.48. The van der Waals surface area contributed by atoms with Crippen LogP contribution in [-0.4, -0.2) is 29.9 Å². The summed E-state index contributed by atoms with van der Waals surface area (Å²) in [5.41, 5.74) is 0. The smallest absolute Gasteiger partial charge is 0.305 e. The molecule has 15 heavy (non-hydrogen) atoms. The van der Waals surface area contributed by atoms with Gasteiger partial charge < -0.3 is 4.74 Å². The van der Waals surface area contributed by atoms with Crippen molar-refractivity contribution in [2.45, 2.75) is 38.9 Å². The third-order valence-electron chi connectivity index (χ3n) is 2.44. The third kappa shape index (κ3) is 5.82. The van der Waals surface area contributed by atoms with Gasteiger partial charge in [0.05, 0.1) is 13.5 Å². The maximum absolute atomic E-state index is 11.7. The van der Waals surface area contributed by atoms with E-state index in [2.05, 4.69) is 18.6 Å². The third-order valence-corrected chi connectivity index (χ3v) is 3.71. The molecule has 0 aliphatic rings.